The fourth-order valence-electron chi connectivity index (χ4n) is 1.79. The molecule has 2 heterocycles. The maximum atomic E-state index is 11.1. The summed E-state index contributed by atoms with van der Waals surface area (Å²) in [6, 6.07) is 5.64. The van der Waals surface area contributed by atoms with E-state index in [4.69, 9.17) is 0 Å². The van der Waals surface area contributed by atoms with Gasteiger partial charge in [-0.2, -0.15) is 5.10 Å². The molecular formula is C13H13N3O. The lowest BCUT2D eigenvalue weighted by Crippen LogP contribution is -2.01. The smallest absolute Gasteiger partial charge is 0.161 e. The van der Waals surface area contributed by atoms with Crippen molar-refractivity contribution in [2.75, 3.05) is 0 Å². The van der Waals surface area contributed by atoms with Gasteiger partial charge in [-0.05, 0) is 38.0 Å². The Morgan fingerprint density at radius 1 is 1.35 bits per heavy atom. The molecule has 0 aromatic carbocycles. The Morgan fingerprint density at radius 2 is 2.18 bits per heavy atom. The van der Waals surface area contributed by atoms with Crippen molar-refractivity contribution >= 4 is 5.78 Å². The molecule has 4 nitrogen and oxygen atoms in total. The van der Waals surface area contributed by atoms with E-state index >= 15 is 0 Å². The van der Waals surface area contributed by atoms with Crippen LogP contribution in [0.2, 0.25) is 0 Å². The zero-order valence-electron chi connectivity index (χ0n) is 9.63. The fraction of sp³-hybridized carbons (Fsp3) is 0.308. The van der Waals surface area contributed by atoms with Gasteiger partial charge in [-0.25, -0.2) is 9.67 Å². The van der Waals surface area contributed by atoms with E-state index in [0.29, 0.717) is 11.5 Å². The molecule has 0 aliphatic heterocycles. The molecule has 0 bridgehead atoms. The maximum Gasteiger partial charge on any atom is 0.161 e. The molecule has 1 saturated carbocycles. The van der Waals surface area contributed by atoms with E-state index in [-0.39, 0.29) is 5.78 Å². The van der Waals surface area contributed by atoms with Gasteiger partial charge in [0.2, 0.25) is 0 Å². The molecule has 1 aliphatic rings. The van der Waals surface area contributed by atoms with Crippen LogP contribution in [0.3, 0.4) is 0 Å². The summed E-state index contributed by atoms with van der Waals surface area (Å²) in [6.45, 7) is 1.54. The van der Waals surface area contributed by atoms with Crippen molar-refractivity contribution < 1.29 is 4.79 Å². The van der Waals surface area contributed by atoms with Crippen LogP contribution in [0.25, 0.3) is 5.82 Å². The molecule has 0 atom stereocenters. The number of rotatable bonds is 3. The zero-order valence-corrected chi connectivity index (χ0v) is 9.63. The topological polar surface area (TPSA) is 47.8 Å². The molecule has 0 amide bonds. The van der Waals surface area contributed by atoms with Gasteiger partial charge in [-0.1, -0.05) is 0 Å². The number of Topliss-reactive ketones (excluding diaryl/α,β-unsaturated/α-hetero) is 1. The first-order valence-corrected chi connectivity index (χ1v) is 5.77. The Kier molecular flexibility index (Phi) is 2.28. The van der Waals surface area contributed by atoms with Gasteiger partial charge in [0.1, 0.15) is 0 Å². The molecule has 1 aliphatic carbocycles. The van der Waals surface area contributed by atoms with Gasteiger partial charge in [0, 0.05) is 23.9 Å². The van der Waals surface area contributed by atoms with E-state index in [9.17, 15) is 4.79 Å². The van der Waals surface area contributed by atoms with Gasteiger partial charge in [-0.15, -0.1) is 0 Å². The summed E-state index contributed by atoms with van der Waals surface area (Å²) in [7, 11) is 0. The minimum Gasteiger partial charge on any atom is -0.294 e. The summed E-state index contributed by atoms with van der Waals surface area (Å²) in [5.74, 6) is 1.43. The van der Waals surface area contributed by atoms with E-state index in [1.807, 2.05) is 18.3 Å². The van der Waals surface area contributed by atoms with Crippen LogP contribution in [0.1, 0.15) is 41.7 Å². The number of ketones is 1. The first kappa shape index (κ1) is 10.2. The van der Waals surface area contributed by atoms with Gasteiger partial charge in [0.25, 0.3) is 0 Å². The molecule has 3 rings (SSSR count). The van der Waals surface area contributed by atoms with Gasteiger partial charge >= 0.3 is 0 Å². The molecule has 0 saturated heterocycles. The van der Waals surface area contributed by atoms with E-state index in [0.717, 1.165) is 11.5 Å². The third kappa shape index (κ3) is 1.98. The highest BCUT2D eigenvalue weighted by Crippen LogP contribution is 2.38. The quantitative estimate of drug-likeness (QED) is 0.756. The lowest BCUT2D eigenvalue weighted by molar-refractivity contribution is 0.101. The lowest BCUT2D eigenvalue weighted by Gasteiger charge is -2.00. The zero-order chi connectivity index (χ0) is 11.8. The van der Waals surface area contributed by atoms with Crippen LogP contribution < -0.4 is 0 Å². The Balaban J connectivity index is 1.89. The average Bonchev–Trinajstić information content (AvgIpc) is 3.07. The normalized spacial score (nSPS) is 14.9. The Morgan fingerprint density at radius 3 is 2.76 bits per heavy atom. The molecular weight excluding hydrogens is 214 g/mol. The first-order valence-electron chi connectivity index (χ1n) is 5.77. The second-order valence-electron chi connectivity index (χ2n) is 4.42. The molecule has 0 spiro atoms. The van der Waals surface area contributed by atoms with Crippen LogP contribution >= 0.6 is 0 Å². The van der Waals surface area contributed by atoms with Crippen molar-refractivity contribution in [1.29, 1.82) is 0 Å². The van der Waals surface area contributed by atoms with Gasteiger partial charge in [-0.3, -0.25) is 4.79 Å². The minimum absolute atomic E-state index is 0.0307. The van der Waals surface area contributed by atoms with Gasteiger partial charge in [0.05, 0.1) is 5.69 Å². The number of nitrogens with zero attached hydrogens (tertiary/aromatic N) is 3. The predicted octanol–water partition coefficient (Wildman–Crippen LogP) is 2.35. The molecule has 86 valence electrons. The Bertz CT molecular complexity index is 552. The van der Waals surface area contributed by atoms with Crippen LogP contribution in [-0.4, -0.2) is 20.5 Å². The summed E-state index contributed by atoms with van der Waals surface area (Å²) in [6.07, 6.45) is 6.00. The number of hydrogen-bond donors (Lipinski definition) is 0. The van der Waals surface area contributed by atoms with Gasteiger partial charge < -0.3 is 0 Å². The average molecular weight is 227 g/mol. The maximum absolute atomic E-state index is 11.1. The van der Waals surface area contributed by atoms with Crippen LogP contribution in [0.4, 0.5) is 0 Å². The highest BCUT2D eigenvalue weighted by molar-refractivity contribution is 5.93. The Hall–Kier alpha value is -1.97. The minimum atomic E-state index is 0.0307. The molecule has 0 unspecified atom stereocenters. The van der Waals surface area contributed by atoms with Crippen molar-refractivity contribution in [3.8, 4) is 5.82 Å². The van der Waals surface area contributed by atoms with Crippen LogP contribution in [0.15, 0.2) is 30.6 Å². The molecule has 2 aromatic heterocycles. The number of carbonyl (C=O) groups is 1. The SMILES string of the molecule is CC(=O)c1ccc(-n2ccc(C3CC3)n2)nc1. The molecule has 2 aromatic rings. The summed E-state index contributed by atoms with van der Waals surface area (Å²) in [5, 5.41) is 4.49. The number of aromatic nitrogens is 3. The van der Waals surface area contributed by atoms with Gasteiger partial charge in [0.15, 0.2) is 11.6 Å². The summed E-state index contributed by atoms with van der Waals surface area (Å²) in [4.78, 5) is 15.4. The third-order valence-corrected chi connectivity index (χ3v) is 2.99. The van der Waals surface area contributed by atoms with Crippen LogP contribution in [0, 0.1) is 0 Å². The van der Waals surface area contributed by atoms with Crippen LogP contribution in [-0.2, 0) is 0 Å². The number of hydrogen-bond acceptors (Lipinski definition) is 3. The largest absolute Gasteiger partial charge is 0.294 e. The number of pyridine rings is 1. The Labute approximate surface area is 99.3 Å². The summed E-state index contributed by atoms with van der Waals surface area (Å²) in [5.41, 5.74) is 1.77. The highest BCUT2D eigenvalue weighted by atomic mass is 16.1. The monoisotopic (exact) mass is 227 g/mol. The van der Waals surface area contributed by atoms with Crippen molar-refractivity contribution in [3.63, 3.8) is 0 Å². The second kappa shape index (κ2) is 3.80. The third-order valence-electron chi connectivity index (χ3n) is 2.99. The van der Waals surface area contributed by atoms with Crippen molar-refractivity contribution in [1.82, 2.24) is 14.8 Å². The molecule has 1 fully saturated rings. The standard InChI is InChI=1S/C13H13N3O/c1-9(17)11-4-5-13(14-8-11)16-7-6-12(15-16)10-2-3-10/h4-8,10H,2-3H2,1H3. The summed E-state index contributed by atoms with van der Waals surface area (Å²) < 4.78 is 1.76. The van der Waals surface area contributed by atoms with Crippen molar-refractivity contribution in [3.05, 3.63) is 41.9 Å². The van der Waals surface area contributed by atoms with E-state index in [1.54, 1.807) is 16.9 Å². The lowest BCUT2D eigenvalue weighted by atomic mass is 10.2. The second-order valence-corrected chi connectivity index (χ2v) is 4.42. The molecule has 4 heteroatoms. The van der Waals surface area contributed by atoms with E-state index in [2.05, 4.69) is 10.1 Å². The van der Waals surface area contributed by atoms with Crippen molar-refractivity contribution in [2.24, 2.45) is 0 Å². The molecule has 0 radical (unpaired) electrons. The summed E-state index contributed by atoms with van der Waals surface area (Å²) >= 11 is 0. The highest BCUT2D eigenvalue weighted by Gasteiger charge is 2.25. The van der Waals surface area contributed by atoms with E-state index < -0.39 is 0 Å². The fourth-order valence-corrected chi connectivity index (χ4v) is 1.79. The predicted molar refractivity (Wildman–Crippen MR) is 63.3 cm³/mol. The first-order chi connectivity index (χ1) is 8.24. The molecule has 0 N–H and O–H groups in total. The number of carbonyl (C=O) groups excluding carboxylic acids is 1. The van der Waals surface area contributed by atoms with Crippen molar-refractivity contribution in [2.45, 2.75) is 25.7 Å². The molecule has 17 heavy (non-hydrogen) atoms. The van der Waals surface area contributed by atoms with Crippen LogP contribution in [0.5, 0.6) is 0 Å². The van der Waals surface area contributed by atoms with E-state index in [1.165, 1.54) is 19.8 Å².